The van der Waals surface area contributed by atoms with Gasteiger partial charge in [-0.1, -0.05) is 37.6 Å². The molecular weight excluding hydrogens is 451 g/mol. The highest BCUT2D eigenvalue weighted by Crippen LogP contribution is 2.13. The molecule has 0 spiro atoms. The van der Waals surface area contributed by atoms with Gasteiger partial charge in [0.25, 0.3) is 0 Å². The molecule has 0 aliphatic carbocycles. The molecule has 140 valence electrons. The Hall–Kier alpha value is -1.02. The predicted octanol–water partition coefficient (Wildman–Crippen LogP) is 2.92. The number of carbonyl (C=O) groups excluding carboxylic acids is 1. The molecule has 25 heavy (non-hydrogen) atoms. The van der Waals surface area contributed by atoms with E-state index in [0.29, 0.717) is 0 Å². The Kier molecular flexibility index (Phi) is 9.56. The summed E-state index contributed by atoms with van der Waals surface area (Å²) in [7, 11) is 1.77. The van der Waals surface area contributed by atoms with Crippen LogP contribution in [0.4, 0.5) is 0 Å². The molecule has 1 aromatic carbocycles. The van der Waals surface area contributed by atoms with Gasteiger partial charge in [-0.3, -0.25) is 9.79 Å². The van der Waals surface area contributed by atoms with Crippen molar-refractivity contribution in [3.05, 3.63) is 34.9 Å². The summed E-state index contributed by atoms with van der Waals surface area (Å²) < 4.78 is 0. The SMILES string of the molecule is CN=C(NCCc1ccc(Cl)cc1)NC1CCN(C(=O)C(C)C)C1.I. The molecule has 0 aromatic heterocycles. The molecule has 1 atom stereocenters. The first-order chi connectivity index (χ1) is 11.5. The Bertz CT molecular complexity index is 577. The van der Waals surface area contributed by atoms with Crippen molar-refractivity contribution in [3.63, 3.8) is 0 Å². The number of aliphatic imine (C=N–C) groups is 1. The van der Waals surface area contributed by atoms with Gasteiger partial charge in [0.05, 0.1) is 0 Å². The minimum atomic E-state index is 0. The summed E-state index contributed by atoms with van der Waals surface area (Å²) in [6.07, 6.45) is 1.86. The average molecular weight is 479 g/mol. The molecule has 1 aliphatic rings. The molecule has 1 aliphatic heterocycles. The Balaban J connectivity index is 0.00000312. The number of carbonyl (C=O) groups is 1. The highest BCUT2D eigenvalue weighted by atomic mass is 127. The number of likely N-dealkylation sites (tertiary alicyclic amines) is 1. The molecule has 2 rings (SSSR count). The zero-order valence-corrected chi connectivity index (χ0v) is 18.2. The van der Waals surface area contributed by atoms with Crippen LogP contribution in [0.1, 0.15) is 25.8 Å². The van der Waals surface area contributed by atoms with Gasteiger partial charge in [-0.05, 0) is 30.5 Å². The summed E-state index contributed by atoms with van der Waals surface area (Å²) >= 11 is 5.89. The lowest BCUT2D eigenvalue weighted by Crippen LogP contribution is -2.45. The molecule has 5 nitrogen and oxygen atoms in total. The first-order valence-corrected chi connectivity index (χ1v) is 8.87. The first-order valence-electron chi connectivity index (χ1n) is 8.50. The maximum absolute atomic E-state index is 12.0. The van der Waals surface area contributed by atoms with Crippen LogP contribution in [-0.2, 0) is 11.2 Å². The molecule has 1 fully saturated rings. The molecule has 2 N–H and O–H groups in total. The van der Waals surface area contributed by atoms with Crippen LogP contribution >= 0.6 is 35.6 Å². The lowest BCUT2D eigenvalue weighted by atomic mass is 10.1. The zero-order chi connectivity index (χ0) is 17.5. The van der Waals surface area contributed by atoms with Gasteiger partial charge in [0.15, 0.2) is 5.96 Å². The molecule has 0 radical (unpaired) electrons. The van der Waals surface area contributed by atoms with Gasteiger partial charge in [-0.15, -0.1) is 24.0 Å². The average Bonchev–Trinajstić information content (AvgIpc) is 3.03. The largest absolute Gasteiger partial charge is 0.356 e. The fraction of sp³-hybridized carbons (Fsp3) is 0.556. The highest BCUT2D eigenvalue weighted by molar-refractivity contribution is 14.0. The van der Waals surface area contributed by atoms with Crippen LogP contribution in [0.25, 0.3) is 0 Å². The van der Waals surface area contributed by atoms with Crippen LogP contribution in [-0.4, -0.2) is 49.5 Å². The quantitative estimate of drug-likeness (QED) is 0.389. The van der Waals surface area contributed by atoms with Crippen LogP contribution in [0.3, 0.4) is 0 Å². The van der Waals surface area contributed by atoms with E-state index in [1.54, 1.807) is 7.05 Å². The number of amides is 1. The molecule has 1 amide bonds. The van der Waals surface area contributed by atoms with E-state index in [1.807, 2.05) is 43.0 Å². The van der Waals surface area contributed by atoms with Gasteiger partial charge in [0, 0.05) is 43.7 Å². The smallest absolute Gasteiger partial charge is 0.225 e. The third-order valence-electron chi connectivity index (χ3n) is 4.18. The fourth-order valence-corrected chi connectivity index (χ4v) is 2.93. The van der Waals surface area contributed by atoms with Gasteiger partial charge < -0.3 is 15.5 Å². The molecule has 1 aromatic rings. The second kappa shape index (κ2) is 10.9. The lowest BCUT2D eigenvalue weighted by molar-refractivity contribution is -0.133. The summed E-state index contributed by atoms with van der Waals surface area (Å²) in [4.78, 5) is 18.2. The minimum absolute atomic E-state index is 0. The van der Waals surface area contributed by atoms with Crippen molar-refractivity contribution in [2.24, 2.45) is 10.9 Å². The van der Waals surface area contributed by atoms with Gasteiger partial charge in [-0.25, -0.2) is 0 Å². The number of guanidine groups is 1. The molecule has 1 unspecified atom stereocenters. The second-order valence-electron chi connectivity index (χ2n) is 6.44. The Morgan fingerprint density at radius 2 is 2.04 bits per heavy atom. The summed E-state index contributed by atoms with van der Waals surface area (Å²) in [5, 5.41) is 7.49. The molecule has 0 bridgehead atoms. The van der Waals surface area contributed by atoms with Crippen molar-refractivity contribution in [1.29, 1.82) is 0 Å². The maximum Gasteiger partial charge on any atom is 0.225 e. The van der Waals surface area contributed by atoms with Crippen molar-refractivity contribution in [3.8, 4) is 0 Å². The van der Waals surface area contributed by atoms with Crippen LogP contribution in [0.5, 0.6) is 0 Å². The highest BCUT2D eigenvalue weighted by Gasteiger charge is 2.27. The van der Waals surface area contributed by atoms with Crippen LogP contribution < -0.4 is 10.6 Å². The van der Waals surface area contributed by atoms with Gasteiger partial charge in [-0.2, -0.15) is 0 Å². The van der Waals surface area contributed by atoms with E-state index >= 15 is 0 Å². The van der Waals surface area contributed by atoms with Crippen molar-refractivity contribution >= 4 is 47.4 Å². The monoisotopic (exact) mass is 478 g/mol. The Labute approximate surface area is 172 Å². The minimum Gasteiger partial charge on any atom is -0.356 e. The number of nitrogens with one attached hydrogen (secondary N) is 2. The predicted molar refractivity (Wildman–Crippen MR) is 115 cm³/mol. The van der Waals surface area contributed by atoms with E-state index in [-0.39, 0.29) is 41.8 Å². The van der Waals surface area contributed by atoms with Crippen LogP contribution in [0, 0.1) is 5.92 Å². The van der Waals surface area contributed by atoms with Crippen molar-refractivity contribution in [1.82, 2.24) is 15.5 Å². The first kappa shape index (κ1) is 22.0. The van der Waals surface area contributed by atoms with E-state index in [0.717, 1.165) is 43.5 Å². The number of halogens is 2. The van der Waals surface area contributed by atoms with Gasteiger partial charge in [0.2, 0.25) is 5.91 Å². The molecule has 1 heterocycles. The number of hydrogen-bond donors (Lipinski definition) is 2. The Morgan fingerprint density at radius 3 is 2.64 bits per heavy atom. The van der Waals surface area contributed by atoms with E-state index in [4.69, 9.17) is 11.6 Å². The topological polar surface area (TPSA) is 56.7 Å². The number of nitrogens with zero attached hydrogens (tertiary/aromatic N) is 2. The van der Waals surface area contributed by atoms with Crippen LogP contribution in [0.15, 0.2) is 29.3 Å². The van der Waals surface area contributed by atoms with Crippen molar-refractivity contribution in [2.75, 3.05) is 26.7 Å². The molecule has 0 saturated carbocycles. The van der Waals surface area contributed by atoms with E-state index in [2.05, 4.69) is 15.6 Å². The number of benzene rings is 1. The fourth-order valence-electron chi connectivity index (χ4n) is 2.81. The third kappa shape index (κ3) is 7.01. The standard InChI is InChI=1S/C18H27ClN4O.HI/c1-13(2)17(24)23-11-9-16(12-23)22-18(20-3)21-10-8-14-4-6-15(19)7-5-14;/h4-7,13,16H,8-12H2,1-3H3,(H2,20,21,22);1H. The number of rotatable bonds is 5. The third-order valence-corrected chi connectivity index (χ3v) is 4.43. The normalized spacial score (nSPS) is 17.4. The van der Waals surface area contributed by atoms with E-state index < -0.39 is 0 Å². The maximum atomic E-state index is 12.0. The van der Waals surface area contributed by atoms with Crippen molar-refractivity contribution < 1.29 is 4.79 Å². The summed E-state index contributed by atoms with van der Waals surface area (Å²) in [6.45, 7) is 6.24. The zero-order valence-electron chi connectivity index (χ0n) is 15.1. The van der Waals surface area contributed by atoms with Gasteiger partial charge in [0.1, 0.15) is 0 Å². The summed E-state index contributed by atoms with van der Waals surface area (Å²) in [5.41, 5.74) is 1.23. The molecular formula is C18H28ClIN4O. The second-order valence-corrected chi connectivity index (χ2v) is 6.88. The summed E-state index contributed by atoms with van der Waals surface area (Å²) in [6, 6.07) is 8.14. The van der Waals surface area contributed by atoms with E-state index in [9.17, 15) is 4.79 Å². The van der Waals surface area contributed by atoms with Crippen molar-refractivity contribution in [2.45, 2.75) is 32.7 Å². The van der Waals surface area contributed by atoms with Crippen LogP contribution in [0.2, 0.25) is 5.02 Å². The molecule has 7 heteroatoms. The van der Waals surface area contributed by atoms with E-state index in [1.165, 1.54) is 5.56 Å². The number of hydrogen-bond acceptors (Lipinski definition) is 2. The Morgan fingerprint density at radius 1 is 1.36 bits per heavy atom. The summed E-state index contributed by atoms with van der Waals surface area (Å²) in [5.74, 6) is 1.07. The molecule has 1 saturated heterocycles. The van der Waals surface area contributed by atoms with Gasteiger partial charge >= 0.3 is 0 Å². The lowest BCUT2D eigenvalue weighted by Gasteiger charge is -2.20.